The highest BCUT2D eigenvalue weighted by Gasteiger charge is 2.02. The molecule has 2 aromatic heterocycles. The molecule has 6 heteroatoms. The van der Waals surface area contributed by atoms with E-state index in [2.05, 4.69) is 9.97 Å². The number of nitrogens with zero attached hydrogens (tertiary/aromatic N) is 2. The van der Waals surface area contributed by atoms with E-state index in [1.165, 1.54) is 0 Å². The van der Waals surface area contributed by atoms with Crippen LogP contribution in [0.15, 0.2) is 23.8 Å². The fraction of sp³-hybridized carbons (Fsp3) is 0.273. The minimum atomic E-state index is 0.454. The van der Waals surface area contributed by atoms with Crippen LogP contribution in [-0.2, 0) is 12.3 Å². The summed E-state index contributed by atoms with van der Waals surface area (Å²) in [4.78, 5) is 8.28. The fourth-order valence-corrected chi connectivity index (χ4v) is 2.42. The van der Waals surface area contributed by atoms with Crippen molar-refractivity contribution in [2.75, 3.05) is 6.61 Å². The maximum absolute atomic E-state index is 5.80. The molecule has 0 aromatic carbocycles. The first-order chi connectivity index (χ1) is 8.28. The number of hydrogen-bond acceptors (Lipinski definition) is 4. The summed E-state index contributed by atoms with van der Waals surface area (Å²) in [6, 6.07) is 1.74. The maximum Gasteiger partial charge on any atom is 0.139 e. The molecule has 0 aliphatic rings. The van der Waals surface area contributed by atoms with Crippen LogP contribution < -0.4 is 4.74 Å². The summed E-state index contributed by atoms with van der Waals surface area (Å²) in [5.74, 6) is 1.13. The van der Waals surface area contributed by atoms with E-state index in [-0.39, 0.29) is 0 Å². The third-order valence-electron chi connectivity index (χ3n) is 2.00. The number of pyridine rings is 1. The van der Waals surface area contributed by atoms with Gasteiger partial charge in [0.05, 0.1) is 34.4 Å². The van der Waals surface area contributed by atoms with Crippen LogP contribution in [0, 0.1) is 0 Å². The summed E-state index contributed by atoms with van der Waals surface area (Å²) < 4.78 is 5.52. The van der Waals surface area contributed by atoms with E-state index in [4.69, 9.17) is 27.9 Å². The van der Waals surface area contributed by atoms with Gasteiger partial charge in [-0.3, -0.25) is 4.98 Å². The zero-order chi connectivity index (χ0) is 12.1. The largest absolute Gasteiger partial charge is 0.491 e. The van der Waals surface area contributed by atoms with Crippen LogP contribution in [0.25, 0.3) is 0 Å². The van der Waals surface area contributed by atoms with Gasteiger partial charge in [0.2, 0.25) is 0 Å². The van der Waals surface area contributed by atoms with Crippen molar-refractivity contribution in [2.45, 2.75) is 12.3 Å². The van der Waals surface area contributed by atoms with Crippen LogP contribution >= 0.6 is 34.5 Å². The van der Waals surface area contributed by atoms with Crippen molar-refractivity contribution in [1.82, 2.24) is 9.97 Å². The molecule has 3 nitrogen and oxygen atoms in total. The lowest BCUT2D eigenvalue weighted by Gasteiger charge is -2.04. The lowest BCUT2D eigenvalue weighted by atomic mass is 10.4. The summed E-state index contributed by atoms with van der Waals surface area (Å²) in [5.41, 5.74) is 0.913. The number of ether oxygens (including phenoxy) is 1. The van der Waals surface area contributed by atoms with E-state index >= 15 is 0 Å². The highest BCUT2D eigenvalue weighted by atomic mass is 35.5. The molecule has 2 aromatic rings. The van der Waals surface area contributed by atoms with Gasteiger partial charge in [-0.25, -0.2) is 4.98 Å². The van der Waals surface area contributed by atoms with E-state index < -0.39 is 0 Å². The lowest BCUT2D eigenvalue weighted by molar-refractivity contribution is 0.320. The first kappa shape index (κ1) is 12.6. The van der Waals surface area contributed by atoms with Crippen LogP contribution in [-0.4, -0.2) is 16.6 Å². The van der Waals surface area contributed by atoms with Gasteiger partial charge in [-0.2, -0.15) is 0 Å². The van der Waals surface area contributed by atoms with E-state index in [1.807, 2.05) is 5.38 Å². The van der Waals surface area contributed by atoms with Crippen molar-refractivity contribution >= 4 is 34.5 Å². The lowest BCUT2D eigenvalue weighted by Crippen LogP contribution is -2.01. The summed E-state index contributed by atoms with van der Waals surface area (Å²) in [6.07, 6.45) is 3.97. The Kier molecular flexibility index (Phi) is 4.59. The van der Waals surface area contributed by atoms with Crippen molar-refractivity contribution in [3.8, 4) is 5.75 Å². The van der Waals surface area contributed by atoms with E-state index in [0.29, 0.717) is 23.3 Å². The summed E-state index contributed by atoms with van der Waals surface area (Å²) in [5, 5.41) is 3.56. The normalized spacial score (nSPS) is 10.5. The van der Waals surface area contributed by atoms with E-state index in [1.54, 1.807) is 29.8 Å². The fourth-order valence-electron chi connectivity index (χ4n) is 1.25. The number of halogens is 2. The van der Waals surface area contributed by atoms with Gasteiger partial charge < -0.3 is 4.74 Å². The van der Waals surface area contributed by atoms with Gasteiger partial charge in [-0.05, 0) is 0 Å². The zero-order valence-corrected chi connectivity index (χ0v) is 11.2. The van der Waals surface area contributed by atoms with Gasteiger partial charge in [0.15, 0.2) is 0 Å². The summed E-state index contributed by atoms with van der Waals surface area (Å²) in [6.45, 7) is 0.553. The van der Waals surface area contributed by atoms with Crippen LogP contribution in [0.2, 0.25) is 5.02 Å². The van der Waals surface area contributed by atoms with Gasteiger partial charge in [-0.15, -0.1) is 22.9 Å². The molecule has 0 radical (unpaired) electrons. The van der Waals surface area contributed by atoms with E-state index in [0.717, 1.165) is 17.1 Å². The van der Waals surface area contributed by atoms with Gasteiger partial charge in [-0.1, -0.05) is 11.6 Å². The van der Waals surface area contributed by atoms with Gasteiger partial charge >= 0.3 is 0 Å². The number of thiazole rings is 1. The zero-order valence-electron chi connectivity index (χ0n) is 8.90. The molecule has 0 saturated carbocycles. The highest BCUT2D eigenvalue weighted by Crippen LogP contribution is 2.16. The van der Waals surface area contributed by atoms with Crippen LogP contribution in [0.5, 0.6) is 5.75 Å². The number of alkyl halides is 1. The predicted molar refractivity (Wildman–Crippen MR) is 70.1 cm³/mol. The van der Waals surface area contributed by atoms with Gasteiger partial charge in [0.25, 0.3) is 0 Å². The Balaban J connectivity index is 1.83. The molecular weight excluding hydrogens is 279 g/mol. The maximum atomic E-state index is 5.80. The van der Waals surface area contributed by atoms with Crippen molar-refractivity contribution in [3.63, 3.8) is 0 Å². The van der Waals surface area contributed by atoms with Crippen molar-refractivity contribution in [2.24, 2.45) is 0 Å². The minimum absolute atomic E-state index is 0.454. The third-order valence-corrected chi connectivity index (χ3v) is 3.44. The molecule has 0 amide bonds. The van der Waals surface area contributed by atoms with Crippen molar-refractivity contribution < 1.29 is 4.74 Å². The average Bonchev–Trinajstić information content (AvgIpc) is 2.77. The van der Waals surface area contributed by atoms with Gasteiger partial charge in [0.1, 0.15) is 5.75 Å². The molecule has 0 bridgehead atoms. The first-order valence-corrected chi connectivity index (χ1v) is 6.80. The molecule has 0 atom stereocenters. The third kappa shape index (κ3) is 3.84. The Labute approximate surface area is 113 Å². The molecule has 0 aliphatic carbocycles. The number of rotatable bonds is 5. The molecule has 2 rings (SSSR count). The number of hydrogen-bond donors (Lipinski definition) is 0. The molecule has 0 aliphatic heterocycles. The smallest absolute Gasteiger partial charge is 0.139 e. The molecule has 0 N–H and O–H groups in total. The quantitative estimate of drug-likeness (QED) is 0.789. The standard InChI is InChI=1S/C11H10Cl2N2OS/c12-4-9-7-17-11(15-9)1-2-16-10-3-8(13)5-14-6-10/h3,5-7H,1-2,4H2. The second-order valence-electron chi connectivity index (χ2n) is 3.30. The number of aromatic nitrogens is 2. The minimum Gasteiger partial charge on any atom is -0.491 e. The SMILES string of the molecule is ClCc1csc(CCOc2cncc(Cl)c2)n1. The molecule has 17 heavy (non-hydrogen) atoms. The first-order valence-electron chi connectivity index (χ1n) is 5.00. The highest BCUT2D eigenvalue weighted by molar-refractivity contribution is 7.09. The molecule has 90 valence electrons. The Morgan fingerprint density at radius 3 is 2.94 bits per heavy atom. The molecule has 0 saturated heterocycles. The van der Waals surface area contributed by atoms with Crippen LogP contribution in [0.1, 0.15) is 10.7 Å². The van der Waals surface area contributed by atoms with Crippen LogP contribution in [0.4, 0.5) is 0 Å². The second kappa shape index (κ2) is 6.19. The monoisotopic (exact) mass is 288 g/mol. The van der Waals surface area contributed by atoms with Crippen LogP contribution in [0.3, 0.4) is 0 Å². The Bertz CT molecular complexity index is 490. The Morgan fingerprint density at radius 2 is 2.24 bits per heavy atom. The topological polar surface area (TPSA) is 35.0 Å². The molecular formula is C11H10Cl2N2OS. The predicted octanol–water partition coefficient (Wildman–Crippen LogP) is 3.55. The molecule has 0 fully saturated rings. The molecule has 0 unspecified atom stereocenters. The molecule has 0 spiro atoms. The Morgan fingerprint density at radius 1 is 1.35 bits per heavy atom. The average molecular weight is 289 g/mol. The summed E-state index contributed by atoms with van der Waals surface area (Å²) in [7, 11) is 0. The van der Waals surface area contributed by atoms with E-state index in [9.17, 15) is 0 Å². The summed E-state index contributed by atoms with van der Waals surface area (Å²) >= 11 is 13.1. The van der Waals surface area contributed by atoms with Crippen molar-refractivity contribution in [3.05, 3.63) is 39.6 Å². The van der Waals surface area contributed by atoms with Gasteiger partial charge in [0, 0.05) is 24.1 Å². The Hall–Kier alpha value is -0.840. The van der Waals surface area contributed by atoms with Crippen molar-refractivity contribution in [1.29, 1.82) is 0 Å². The molecule has 2 heterocycles. The second-order valence-corrected chi connectivity index (χ2v) is 4.95.